The van der Waals surface area contributed by atoms with E-state index in [1.807, 2.05) is 7.05 Å². The van der Waals surface area contributed by atoms with Crippen molar-refractivity contribution in [1.29, 1.82) is 0 Å². The number of nitrogens with one attached hydrogen (secondary N) is 2. The third kappa shape index (κ3) is 3.35. The van der Waals surface area contributed by atoms with Crippen molar-refractivity contribution in [3.8, 4) is 0 Å². The molecule has 2 amide bonds. The number of aryl methyl sites for hydroxylation is 1. The van der Waals surface area contributed by atoms with Gasteiger partial charge < -0.3 is 20.3 Å². The number of aromatic nitrogens is 2. The molecule has 1 aromatic carbocycles. The summed E-state index contributed by atoms with van der Waals surface area (Å²) in [4.78, 5) is 26.6. The van der Waals surface area contributed by atoms with Gasteiger partial charge in [0.15, 0.2) is 0 Å². The van der Waals surface area contributed by atoms with Gasteiger partial charge in [-0.25, -0.2) is 14.6 Å². The maximum Gasteiger partial charge on any atom is 0.335 e. The number of carboxylic acid groups (broad SMARTS) is 1. The van der Waals surface area contributed by atoms with Crippen LogP contribution in [-0.2, 0) is 13.6 Å². The predicted molar refractivity (Wildman–Crippen MR) is 72.5 cm³/mol. The molecule has 0 atom stereocenters. The van der Waals surface area contributed by atoms with Crippen molar-refractivity contribution < 1.29 is 14.7 Å². The van der Waals surface area contributed by atoms with Crippen LogP contribution < -0.4 is 10.6 Å². The maximum atomic E-state index is 11.7. The summed E-state index contributed by atoms with van der Waals surface area (Å²) in [5, 5.41) is 14.1. The molecule has 0 aliphatic rings. The van der Waals surface area contributed by atoms with Crippen molar-refractivity contribution in [1.82, 2.24) is 14.9 Å². The monoisotopic (exact) mass is 274 g/mol. The van der Waals surface area contributed by atoms with Crippen molar-refractivity contribution in [2.45, 2.75) is 6.54 Å². The molecule has 0 unspecified atom stereocenters. The van der Waals surface area contributed by atoms with E-state index in [0.29, 0.717) is 5.69 Å². The quantitative estimate of drug-likeness (QED) is 0.786. The standard InChI is InChI=1S/C13H14N4O3/c1-17-6-5-14-11(17)8-15-13(20)16-10-4-2-3-9(7-10)12(18)19/h2-7H,8H2,1H3,(H,18,19)(H2,15,16,20). The highest BCUT2D eigenvalue weighted by molar-refractivity contribution is 5.93. The second kappa shape index (κ2) is 5.87. The van der Waals surface area contributed by atoms with Crippen molar-refractivity contribution in [2.24, 2.45) is 7.05 Å². The molecule has 7 nitrogen and oxygen atoms in total. The largest absolute Gasteiger partial charge is 0.478 e. The van der Waals surface area contributed by atoms with Gasteiger partial charge >= 0.3 is 12.0 Å². The molecule has 20 heavy (non-hydrogen) atoms. The van der Waals surface area contributed by atoms with Crippen LogP contribution in [0.4, 0.5) is 10.5 Å². The molecule has 0 aliphatic heterocycles. The molecule has 3 N–H and O–H groups in total. The van der Waals surface area contributed by atoms with Crippen molar-refractivity contribution in [2.75, 3.05) is 5.32 Å². The summed E-state index contributed by atoms with van der Waals surface area (Å²) in [7, 11) is 1.83. The summed E-state index contributed by atoms with van der Waals surface area (Å²) >= 11 is 0. The Morgan fingerprint density at radius 2 is 2.20 bits per heavy atom. The van der Waals surface area contributed by atoms with Crippen LogP contribution >= 0.6 is 0 Å². The lowest BCUT2D eigenvalue weighted by atomic mass is 10.2. The Labute approximate surface area is 115 Å². The third-order valence-electron chi connectivity index (χ3n) is 2.70. The van der Waals surface area contributed by atoms with E-state index >= 15 is 0 Å². The van der Waals surface area contributed by atoms with Crippen LogP contribution in [-0.4, -0.2) is 26.7 Å². The van der Waals surface area contributed by atoms with Gasteiger partial charge in [-0.3, -0.25) is 0 Å². The molecule has 0 saturated carbocycles. The number of amides is 2. The molecule has 1 aromatic heterocycles. The van der Waals surface area contributed by atoms with Gasteiger partial charge in [0.05, 0.1) is 12.1 Å². The van der Waals surface area contributed by atoms with Gasteiger partial charge in [-0.15, -0.1) is 0 Å². The van der Waals surface area contributed by atoms with E-state index in [4.69, 9.17) is 5.11 Å². The summed E-state index contributed by atoms with van der Waals surface area (Å²) in [6.45, 7) is 0.286. The Morgan fingerprint density at radius 1 is 1.40 bits per heavy atom. The number of hydrogen-bond acceptors (Lipinski definition) is 3. The minimum atomic E-state index is -1.04. The molecule has 7 heteroatoms. The number of carboxylic acids is 1. The van der Waals surface area contributed by atoms with E-state index in [2.05, 4.69) is 15.6 Å². The molecule has 2 rings (SSSR count). The number of nitrogens with zero attached hydrogens (tertiary/aromatic N) is 2. The molecular formula is C13H14N4O3. The Hall–Kier alpha value is -2.83. The number of urea groups is 1. The normalized spacial score (nSPS) is 10.1. The van der Waals surface area contributed by atoms with Crippen LogP contribution in [0.2, 0.25) is 0 Å². The zero-order valence-corrected chi connectivity index (χ0v) is 10.8. The summed E-state index contributed by atoms with van der Waals surface area (Å²) in [6.07, 6.45) is 3.43. The van der Waals surface area contributed by atoms with Gasteiger partial charge in [0.25, 0.3) is 0 Å². The molecule has 2 aromatic rings. The lowest BCUT2D eigenvalue weighted by Crippen LogP contribution is -2.29. The SMILES string of the molecule is Cn1ccnc1CNC(=O)Nc1cccc(C(=O)O)c1. The van der Waals surface area contributed by atoms with Crippen LogP contribution in [0.1, 0.15) is 16.2 Å². The number of rotatable bonds is 4. The first-order valence-electron chi connectivity index (χ1n) is 5.90. The van der Waals surface area contributed by atoms with Gasteiger partial charge in [0.1, 0.15) is 5.82 Å². The number of carbonyl (C=O) groups excluding carboxylic acids is 1. The van der Waals surface area contributed by atoms with Gasteiger partial charge in [0, 0.05) is 25.1 Å². The molecular weight excluding hydrogens is 260 g/mol. The van der Waals surface area contributed by atoms with Gasteiger partial charge in [-0.2, -0.15) is 0 Å². The van der Waals surface area contributed by atoms with Crippen LogP contribution in [0.15, 0.2) is 36.7 Å². The Balaban J connectivity index is 1.93. The van der Waals surface area contributed by atoms with E-state index < -0.39 is 12.0 Å². The highest BCUT2D eigenvalue weighted by Crippen LogP contribution is 2.10. The van der Waals surface area contributed by atoms with Crippen LogP contribution in [0.3, 0.4) is 0 Å². The van der Waals surface area contributed by atoms with Gasteiger partial charge in [-0.1, -0.05) is 6.07 Å². The fourth-order valence-electron chi connectivity index (χ4n) is 1.63. The van der Waals surface area contributed by atoms with Crippen LogP contribution in [0.25, 0.3) is 0 Å². The van der Waals surface area contributed by atoms with Gasteiger partial charge in [0.2, 0.25) is 0 Å². The maximum absolute atomic E-state index is 11.7. The summed E-state index contributed by atoms with van der Waals surface area (Å²) in [5.41, 5.74) is 0.536. The van der Waals surface area contributed by atoms with Crippen LogP contribution in [0.5, 0.6) is 0 Å². The van der Waals surface area contributed by atoms with E-state index in [1.54, 1.807) is 29.1 Å². The van der Waals surface area contributed by atoms with Gasteiger partial charge in [-0.05, 0) is 18.2 Å². The molecule has 0 aliphatic carbocycles. The fraction of sp³-hybridized carbons (Fsp3) is 0.154. The molecule has 1 heterocycles. The van der Waals surface area contributed by atoms with E-state index in [-0.39, 0.29) is 12.1 Å². The zero-order chi connectivity index (χ0) is 14.5. The zero-order valence-electron chi connectivity index (χ0n) is 10.8. The molecule has 0 fully saturated rings. The first-order chi connectivity index (χ1) is 9.56. The van der Waals surface area contributed by atoms with Crippen molar-refractivity contribution in [3.05, 3.63) is 48.0 Å². The molecule has 0 bridgehead atoms. The average molecular weight is 274 g/mol. The second-order valence-corrected chi connectivity index (χ2v) is 4.15. The number of imidazole rings is 1. The fourth-order valence-corrected chi connectivity index (χ4v) is 1.63. The first-order valence-corrected chi connectivity index (χ1v) is 5.90. The lowest BCUT2D eigenvalue weighted by molar-refractivity contribution is 0.0697. The number of aromatic carboxylic acids is 1. The number of hydrogen-bond donors (Lipinski definition) is 3. The van der Waals surface area contributed by atoms with E-state index in [1.165, 1.54) is 12.1 Å². The van der Waals surface area contributed by atoms with E-state index in [9.17, 15) is 9.59 Å². The third-order valence-corrected chi connectivity index (χ3v) is 2.70. The molecule has 104 valence electrons. The smallest absolute Gasteiger partial charge is 0.335 e. The number of carbonyl (C=O) groups is 2. The van der Waals surface area contributed by atoms with Crippen molar-refractivity contribution in [3.63, 3.8) is 0 Å². The Bertz CT molecular complexity index is 636. The molecule has 0 radical (unpaired) electrons. The minimum absolute atomic E-state index is 0.118. The number of benzene rings is 1. The Kier molecular flexibility index (Phi) is 3.99. The van der Waals surface area contributed by atoms with Crippen LogP contribution in [0, 0.1) is 0 Å². The first kappa shape index (κ1) is 13.6. The Morgan fingerprint density at radius 3 is 2.85 bits per heavy atom. The van der Waals surface area contributed by atoms with Crippen molar-refractivity contribution >= 4 is 17.7 Å². The molecule has 0 spiro atoms. The topological polar surface area (TPSA) is 96.3 Å². The predicted octanol–water partition coefficient (Wildman–Crippen LogP) is 1.44. The minimum Gasteiger partial charge on any atom is -0.478 e. The average Bonchev–Trinajstić information content (AvgIpc) is 2.82. The second-order valence-electron chi connectivity index (χ2n) is 4.15. The summed E-state index contributed by atoms with van der Waals surface area (Å²) in [6, 6.07) is 5.61. The summed E-state index contributed by atoms with van der Waals surface area (Å²) < 4.78 is 1.80. The lowest BCUT2D eigenvalue weighted by Gasteiger charge is -2.08. The summed E-state index contributed by atoms with van der Waals surface area (Å²) in [5.74, 6) is -0.318. The highest BCUT2D eigenvalue weighted by Gasteiger charge is 2.07. The highest BCUT2D eigenvalue weighted by atomic mass is 16.4. The van der Waals surface area contributed by atoms with E-state index in [0.717, 1.165) is 5.82 Å². The molecule has 0 saturated heterocycles. The number of anilines is 1.